The van der Waals surface area contributed by atoms with Gasteiger partial charge < -0.3 is 14.2 Å². The van der Waals surface area contributed by atoms with Crippen molar-refractivity contribution < 1.29 is 23.8 Å². The number of nitrogens with one attached hydrogen (secondary N) is 1. The van der Waals surface area contributed by atoms with Crippen molar-refractivity contribution in [2.45, 2.75) is 24.9 Å². The fourth-order valence-corrected chi connectivity index (χ4v) is 3.68. The third-order valence-corrected chi connectivity index (χ3v) is 5.59. The summed E-state index contributed by atoms with van der Waals surface area (Å²) in [7, 11) is 0. The van der Waals surface area contributed by atoms with Crippen LogP contribution < -0.4 is 11.2 Å². The molecule has 34 heavy (non-hydrogen) atoms. The summed E-state index contributed by atoms with van der Waals surface area (Å²) in [5.41, 5.74) is -0.748. The highest BCUT2D eigenvalue weighted by Crippen LogP contribution is 2.31. The summed E-state index contributed by atoms with van der Waals surface area (Å²) in [6.45, 7) is -0.148. The van der Waals surface area contributed by atoms with Gasteiger partial charge in [0.15, 0.2) is 6.23 Å². The van der Waals surface area contributed by atoms with Crippen molar-refractivity contribution in [1.82, 2.24) is 9.55 Å². The normalized spacial score (nSPS) is 19.5. The minimum absolute atomic E-state index is 0.142. The lowest BCUT2D eigenvalue weighted by atomic mass is 10.2. The average Bonchev–Trinajstić information content (AvgIpc) is 3.20. The maximum atomic E-state index is 12.7. The molecular weight excluding hydrogens is 487 g/mol. The van der Waals surface area contributed by atoms with Gasteiger partial charge in [-0.15, -0.1) is 0 Å². The zero-order valence-electron chi connectivity index (χ0n) is 17.5. The quantitative estimate of drug-likeness (QED) is 0.512. The smallest absolute Gasteiger partial charge is 0.338 e. The number of halogens is 2. The number of benzene rings is 2. The van der Waals surface area contributed by atoms with Crippen LogP contribution in [0.15, 0.2) is 70.4 Å². The van der Waals surface area contributed by atoms with Crippen LogP contribution >= 0.6 is 23.2 Å². The summed E-state index contributed by atoms with van der Waals surface area (Å²) < 4.78 is 17.9. The van der Waals surface area contributed by atoms with E-state index in [1.165, 1.54) is 30.5 Å². The molecule has 1 saturated heterocycles. The Morgan fingerprint density at radius 2 is 1.53 bits per heavy atom. The van der Waals surface area contributed by atoms with Crippen molar-refractivity contribution in [3.05, 3.63) is 103 Å². The van der Waals surface area contributed by atoms with E-state index < -0.39 is 41.6 Å². The summed E-state index contributed by atoms with van der Waals surface area (Å²) in [4.78, 5) is 50.9. The number of hydrogen-bond acceptors (Lipinski definition) is 7. The number of esters is 2. The molecule has 0 spiro atoms. The van der Waals surface area contributed by atoms with Crippen LogP contribution in [0.3, 0.4) is 0 Å². The van der Waals surface area contributed by atoms with Crippen LogP contribution in [0.4, 0.5) is 0 Å². The highest BCUT2D eigenvalue weighted by molar-refractivity contribution is 6.30. The molecule has 176 valence electrons. The average molecular weight is 505 g/mol. The van der Waals surface area contributed by atoms with Crippen molar-refractivity contribution in [3.63, 3.8) is 0 Å². The first kappa shape index (κ1) is 23.7. The molecule has 3 aromatic rings. The first-order valence-electron chi connectivity index (χ1n) is 10.2. The van der Waals surface area contributed by atoms with Crippen molar-refractivity contribution in [3.8, 4) is 0 Å². The van der Waals surface area contributed by atoms with Gasteiger partial charge in [-0.2, -0.15) is 0 Å². The first-order valence-corrected chi connectivity index (χ1v) is 10.9. The molecule has 9 nitrogen and oxygen atoms in total. The van der Waals surface area contributed by atoms with Gasteiger partial charge in [-0.05, 0) is 48.5 Å². The molecule has 1 aliphatic heterocycles. The Labute approximate surface area is 202 Å². The summed E-state index contributed by atoms with van der Waals surface area (Å²) in [5, 5.41) is 0.941. The molecule has 1 fully saturated rings. The number of nitrogens with zero attached hydrogens (tertiary/aromatic N) is 1. The third kappa shape index (κ3) is 5.56. The molecule has 2 aromatic carbocycles. The van der Waals surface area contributed by atoms with Crippen LogP contribution in [0, 0.1) is 0 Å². The number of aromatic amines is 1. The van der Waals surface area contributed by atoms with Gasteiger partial charge in [0.25, 0.3) is 5.56 Å². The molecule has 11 heteroatoms. The number of carbonyl (C=O) groups excluding carboxylic acids is 2. The Morgan fingerprint density at radius 1 is 0.941 bits per heavy atom. The van der Waals surface area contributed by atoms with Crippen LogP contribution in [0.5, 0.6) is 0 Å². The number of aromatic nitrogens is 2. The van der Waals surface area contributed by atoms with Crippen LogP contribution in [-0.4, -0.2) is 40.3 Å². The monoisotopic (exact) mass is 504 g/mol. The van der Waals surface area contributed by atoms with Crippen molar-refractivity contribution in [2.24, 2.45) is 0 Å². The molecular formula is C23H18Cl2N2O7. The lowest BCUT2D eigenvalue weighted by molar-refractivity contribution is -0.0631. The predicted molar refractivity (Wildman–Crippen MR) is 122 cm³/mol. The lowest BCUT2D eigenvalue weighted by Gasteiger charge is -2.20. The molecule has 4 rings (SSSR count). The molecule has 1 aliphatic rings. The fourth-order valence-electron chi connectivity index (χ4n) is 3.43. The molecule has 0 saturated carbocycles. The molecule has 0 bridgehead atoms. The molecule has 3 atom stereocenters. The number of carbonyl (C=O) groups is 2. The Balaban J connectivity index is 1.50. The predicted octanol–water partition coefficient (Wildman–Crippen LogP) is 3.21. The van der Waals surface area contributed by atoms with Gasteiger partial charge in [-0.25, -0.2) is 14.4 Å². The van der Waals surface area contributed by atoms with E-state index in [0.717, 1.165) is 10.6 Å². The summed E-state index contributed by atoms with van der Waals surface area (Å²) in [6.07, 6.45) is -1.23. The molecule has 0 amide bonds. The van der Waals surface area contributed by atoms with Gasteiger partial charge in [-0.3, -0.25) is 14.3 Å². The summed E-state index contributed by atoms with van der Waals surface area (Å²) in [5.74, 6) is -1.23. The van der Waals surface area contributed by atoms with E-state index in [1.54, 1.807) is 24.3 Å². The number of rotatable bonds is 6. The Bertz CT molecular complexity index is 1300. The maximum absolute atomic E-state index is 12.7. The highest BCUT2D eigenvalue weighted by Gasteiger charge is 2.40. The third-order valence-electron chi connectivity index (χ3n) is 5.09. The summed E-state index contributed by atoms with van der Waals surface area (Å²) >= 11 is 11.7. The minimum Gasteiger partial charge on any atom is -0.459 e. The topological polar surface area (TPSA) is 117 Å². The molecule has 0 unspecified atom stereocenters. The number of H-pyrrole nitrogens is 1. The van der Waals surface area contributed by atoms with E-state index in [-0.39, 0.29) is 18.6 Å². The van der Waals surface area contributed by atoms with Gasteiger partial charge >= 0.3 is 17.6 Å². The molecule has 0 aliphatic carbocycles. The van der Waals surface area contributed by atoms with Crippen LogP contribution in [0.2, 0.25) is 10.0 Å². The van der Waals surface area contributed by atoms with E-state index in [2.05, 4.69) is 4.98 Å². The Hall–Kier alpha value is -3.40. The molecule has 0 radical (unpaired) electrons. The maximum Gasteiger partial charge on any atom is 0.338 e. The number of ether oxygens (including phenoxy) is 3. The van der Waals surface area contributed by atoms with Gasteiger partial charge in [-0.1, -0.05) is 23.2 Å². The zero-order chi connectivity index (χ0) is 24.2. The van der Waals surface area contributed by atoms with Crippen molar-refractivity contribution >= 4 is 35.1 Å². The molecule has 1 aromatic heterocycles. The van der Waals surface area contributed by atoms with Gasteiger partial charge in [0.2, 0.25) is 0 Å². The van der Waals surface area contributed by atoms with E-state index in [9.17, 15) is 19.2 Å². The van der Waals surface area contributed by atoms with Crippen molar-refractivity contribution in [2.75, 3.05) is 6.61 Å². The lowest BCUT2D eigenvalue weighted by Crippen LogP contribution is -2.36. The minimum atomic E-state index is -1.04. The van der Waals surface area contributed by atoms with Crippen LogP contribution in [-0.2, 0) is 14.2 Å². The Kier molecular flexibility index (Phi) is 7.16. The van der Waals surface area contributed by atoms with Crippen LogP contribution in [0.1, 0.15) is 33.4 Å². The second-order valence-electron chi connectivity index (χ2n) is 7.46. The zero-order valence-corrected chi connectivity index (χ0v) is 19.0. The van der Waals surface area contributed by atoms with Crippen molar-refractivity contribution in [1.29, 1.82) is 0 Å². The molecule has 1 N–H and O–H groups in total. The highest BCUT2D eigenvalue weighted by atomic mass is 35.5. The van der Waals surface area contributed by atoms with E-state index in [1.807, 2.05) is 0 Å². The standard InChI is InChI=1S/C23H18Cl2N2O7/c24-15-5-1-13(2-6-15)21(29)32-12-17-11-18(34-22(30)14-3-7-16(25)8-4-14)20(33-17)27-10-9-19(28)26-23(27)31/h1-10,17-18,20H,11-12H2,(H,26,28,31)/t17-,18+,20+/m0/s1. The van der Waals surface area contributed by atoms with Gasteiger partial charge in [0, 0.05) is 28.7 Å². The fraction of sp³-hybridized carbons (Fsp3) is 0.217. The summed E-state index contributed by atoms with van der Waals surface area (Å²) in [6, 6.07) is 13.4. The molecule has 2 heterocycles. The number of hydrogen-bond donors (Lipinski definition) is 1. The second kappa shape index (κ2) is 10.3. The Morgan fingerprint density at radius 3 is 2.12 bits per heavy atom. The van der Waals surface area contributed by atoms with Gasteiger partial charge in [0.05, 0.1) is 17.2 Å². The van der Waals surface area contributed by atoms with E-state index >= 15 is 0 Å². The van der Waals surface area contributed by atoms with E-state index in [0.29, 0.717) is 15.6 Å². The van der Waals surface area contributed by atoms with Gasteiger partial charge in [0.1, 0.15) is 12.7 Å². The second-order valence-corrected chi connectivity index (χ2v) is 8.33. The SMILES string of the molecule is O=C(OC[C@@H]1C[C@@H](OC(=O)c2ccc(Cl)cc2)[C@H](n2ccc(=O)[nH]c2=O)O1)c1ccc(Cl)cc1. The largest absolute Gasteiger partial charge is 0.459 e. The van der Waals surface area contributed by atoms with E-state index in [4.69, 9.17) is 37.4 Å². The first-order chi connectivity index (χ1) is 16.3. The van der Waals surface area contributed by atoms with Crippen LogP contribution in [0.25, 0.3) is 0 Å².